The second kappa shape index (κ2) is 6.66. The summed E-state index contributed by atoms with van der Waals surface area (Å²) in [5, 5.41) is 3.46. The summed E-state index contributed by atoms with van der Waals surface area (Å²) in [6.07, 6.45) is 1.09. The highest BCUT2D eigenvalue weighted by Gasteiger charge is 2.03. The van der Waals surface area contributed by atoms with Crippen LogP contribution in [0, 0.1) is 13.8 Å². The Bertz CT molecular complexity index is 302. The monoisotopic (exact) mass is 221 g/mol. The average molecular weight is 221 g/mol. The van der Waals surface area contributed by atoms with Gasteiger partial charge in [0, 0.05) is 13.2 Å². The number of benzene rings is 1. The van der Waals surface area contributed by atoms with Crippen LogP contribution in [0.3, 0.4) is 0 Å². The second-order valence-corrected chi connectivity index (χ2v) is 4.43. The zero-order valence-electron chi connectivity index (χ0n) is 10.8. The fourth-order valence-corrected chi connectivity index (χ4v) is 2.00. The maximum absolute atomic E-state index is 5.09. The van der Waals surface area contributed by atoms with Crippen LogP contribution in [-0.4, -0.2) is 26.3 Å². The van der Waals surface area contributed by atoms with Crippen molar-refractivity contribution in [3.8, 4) is 0 Å². The van der Waals surface area contributed by atoms with E-state index in [-0.39, 0.29) is 0 Å². The Hall–Kier alpha value is -0.860. The summed E-state index contributed by atoms with van der Waals surface area (Å²) in [5.74, 6) is 0. The van der Waals surface area contributed by atoms with Gasteiger partial charge in [-0.3, -0.25) is 0 Å². The number of hydrogen-bond acceptors (Lipinski definition) is 2. The molecule has 0 saturated heterocycles. The summed E-state index contributed by atoms with van der Waals surface area (Å²) in [4.78, 5) is 0. The molecule has 0 bridgehead atoms. The first kappa shape index (κ1) is 13.2. The Morgan fingerprint density at radius 1 is 1.25 bits per heavy atom. The lowest BCUT2D eigenvalue weighted by Gasteiger charge is -2.14. The van der Waals surface area contributed by atoms with Crippen molar-refractivity contribution in [2.45, 2.75) is 33.2 Å². The van der Waals surface area contributed by atoms with E-state index in [1.807, 2.05) is 0 Å². The molecule has 1 unspecified atom stereocenters. The van der Waals surface area contributed by atoms with Gasteiger partial charge in [-0.15, -0.1) is 0 Å². The Morgan fingerprint density at radius 2 is 1.88 bits per heavy atom. The SMILES string of the molecule is COCC(C)NCCc1c(C)cccc1C. The van der Waals surface area contributed by atoms with Gasteiger partial charge in [0.2, 0.25) is 0 Å². The second-order valence-electron chi connectivity index (χ2n) is 4.43. The number of hydrogen-bond donors (Lipinski definition) is 1. The van der Waals surface area contributed by atoms with Crippen molar-refractivity contribution in [1.82, 2.24) is 5.32 Å². The summed E-state index contributed by atoms with van der Waals surface area (Å²) in [5.41, 5.74) is 4.25. The molecule has 0 saturated carbocycles. The number of aryl methyl sites for hydroxylation is 2. The number of rotatable bonds is 6. The summed E-state index contributed by atoms with van der Waals surface area (Å²) in [7, 11) is 1.74. The lowest BCUT2D eigenvalue weighted by atomic mass is 10.0. The smallest absolute Gasteiger partial charge is 0.0613 e. The van der Waals surface area contributed by atoms with Crippen LogP contribution in [0.15, 0.2) is 18.2 Å². The molecule has 0 fully saturated rings. The average Bonchev–Trinajstić information content (AvgIpc) is 2.23. The van der Waals surface area contributed by atoms with Crippen LogP contribution in [0.2, 0.25) is 0 Å². The minimum absolute atomic E-state index is 0.425. The predicted octanol–water partition coefficient (Wildman–Crippen LogP) is 2.47. The number of ether oxygens (including phenoxy) is 1. The molecule has 0 aliphatic heterocycles. The molecule has 1 atom stereocenters. The van der Waals surface area contributed by atoms with Gasteiger partial charge in [0.1, 0.15) is 0 Å². The molecule has 1 N–H and O–H groups in total. The summed E-state index contributed by atoms with van der Waals surface area (Å²) in [6, 6.07) is 6.91. The van der Waals surface area contributed by atoms with Crippen LogP contribution in [-0.2, 0) is 11.2 Å². The molecule has 0 radical (unpaired) electrons. The van der Waals surface area contributed by atoms with Gasteiger partial charge in [-0.2, -0.15) is 0 Å². The van der Waals surface area contributed by atoms with Crippen molar-refractivity contribution in [3.05, 3.63) is 34.9 Å². The van der Waals surface area contributed by atoms with E-state index in [1.54, 1.807) is 7.11 Å². The van der Waals surface area contributed by atoms with E-state index in [2.05, 4.69) is 44.3 Å². The topological polar surface area (TPSA) is 21.3 Å². The van der Waals surface area contributed by atoms with E-state index in [0.29, 0.717) is 6.04 Å². The van der Waals surface area contributed by atoms with Crippen molar-refractivity contribution in [3.63, 3.8) is 0 Å². The molecule has 1 rings (SSSR count). The van der Waals surface area contributed by atoms with E-state index in [4.69, 9.17) is 4.74 Å². The molecule has 0 spiro atoms. The molecule has 0 amide bonds. The Kier molecular flexibility index (Phi) is 5.50. The van der Waals surface area contributed by atoms with Crippen molar-refractivity contribution in [2.24, 2.45) is 0 Å². The van der Waals surface area contributed by atoms with Crippen molar-refractivity contribution in [1.29, 1.82) is 0 Å². The zero-order chi connectivity index (χ0) is 12.0. The van der Waals surface area contributed by atoms with Crippen molar-refractivity contribution >= 4 is 0 Å². The van der Waals surface area contributed by atoms with Crippen LogP contribution in [0.5, 0.6) is 0 Å². The van der Waals surface area contributed by atoms with Gasteiger partial charge in [0.15, 0.2) is 0 Å². The van der Waals surface area contributed by atoms with Gasteiger partial charge in [-0.05, 0) is 50.4 Å². The molecule has 0 aliphatic rings. The molecule has 1 aromatic carbocycles. The zero-order valence-corrected chi connectivity index (χ0v) is 10.8. The molecule has 90 valence electrons. The van der Waals surface area contributed by atoms with Gasteiger partial charge in [-0.1, -0.05) is 18.2 Å². The minimum Gasteiger partial charge on any atom is -0.383 e. The summed E-state index contributed by atoms with van der Waals surface area (Å²) < 4.78 is 5.09. The molecule has 0 heterocycles. The third kappa shape index (κ3) is 3.95. The van der Waals surface area contributed by atoms with Crippen molar-refractivity contribution in [2.75, 3.05) is 20.3 Å². The minimum atomic E-state index is 0.425. The molecule has 1 aromatic rings. The first-order valence-electron chi connectivity index (χ1n) is 5.92. The Morgan fingerprint density at radius 3 is 2.44 bits per heavy atom. The quantitative estimate of drug-likeness (QED) is 0.797. The largest absolute Gasteiger partial charge is 0.383 e. The first-order chi connectivity index (χ1) is 7.65. The van der Waals surface area contributed by atoms with Crippen LogP contribution >= 0.6 is 0 Å². The molecule has 16 heavy (non-hydrogen) atoms. The third-order valence-corrected chi connectivity index (χ3v) is 2.93. The standard InChI is InChI=1S/C14H23NO/c1-11-6-5-7-12(2)14(11)8-9-15-13(3)10-16-4/h5-7,13,15H,8-10H2,1-4H3. The lowest BCUT2D eigenvalue weighted by molar-refractivity contribution is 0.172. The lowest BCUT2D eigenvalue weighted by Crippen LogP contribution is -2.31. The maximum atomic E-state index is 5.09. The number of methoxy groups -OCH3 is 1. The maximum Gasteiger partial charge on any atom is 0.0613 e. The molecule has 0 aromatic heterocycles. The highest BCUT2D eigenvalue weighted by molar-refractivity contribution is 5.33. The van der Waals surface area contributed by atoms with E-state index in [0.717, 1.165) is 19.6 Å². The van der Waals surface area contributed by atoms with Gasteiger partial charge in [0.05, 0.1) is 6.61 Å². The molecule has 2 heteroatoms. The number of nitrogens with one attached hydrogen (secondary N) is 1. The van der Waals surface area contributed by atoms with E-state index in [1.165, 1.54) is 16.7 Å². The van der Waals surface area contributed by atoms with Gasteiger partial charge < -0.3 is 10.1 Å². The highest BCUT2D eigenvalue weighted by atomic mass is 16.5. The van der Waals surface area contributed by atoms with Crippen LogP contribution in [0.25, 0.3) is 0 Å². The van der Waals surface area contributed by atoms with Gasteiger partial charge >= 0.3 is 0 Å². The van der Waals surface area contributed by atoms with Crippen molar-refractivity contribution < 1.29 is 4.74 Å². The van der Waals surface area contributed by atoms with Gasteiger partial charge in [-0.25, -0.2) is 0 Å². The Balaban J connectivity index is 2.43. The highest BCUT2D eigenvalue weighted by Crippen LogP contribution is 2.13. The summed E-state index contributed by atoms with van der Waals surface area (Å²) >= 11 is 0. The fraction of sp³-hybridized carbons (Fsp3) is 0.571. The first-order valence-corrected chi connectivity index (χ1v) is 5.92. The molecular weight excluding hydrogens is 198 g/mol. The fourth-order valence-electron chi connectivity index (χ4n) is 2.00. The van der Waals surface area contributed by atoms with E-state index in [9.17, 15) is 0 Å². The molecule has 0 aliphatic carbocycles. The Labute approximate surface area is 99.0 Å². The molecule has 2 nitrogen and oxygen atoms in total. The van der Waals surface area contributed by atoms with Crippen LogP contribution in [0.1, 0.15) is 23.6 Å². The summed E-state index contributed by atoms with van der Waals surface area (Å²) in [6.45, 7) is 8.29. The predicted molar refractivity (Wildman–Crippen MR) is 69.0 cm³/mol. The third-order valence-electron chi connectivity index (χ3n) is 2.93. The normalized spacial score (nSPS) is 12.8. The van der Waals surface area contributed by atoms with Crippen LogP contribution < -0.4 is 5.32 Å². The van der Waals surface area contributed by atoms with E-state index < -0.39 is 0 Å². The van der Waals surface area contributed by atoms with Gasteiger partial charge in [0.25, 0.3) is 0 Å². The molecular formula is C14H23NO. The van der Waals surface area contributed by atoms with E-state index >= 15 is 0 Å². The van der Waals surface area contributed by atoms with Crippen LogP contribution in [0.4, 0.5) is 0 Å².